The average molecular weight is 331 g/mol. The predicted molar refractivity (Wildman–Crippen MR) is 92.7 cm³/mol. The molecule has 1 fully saturated rings. The summed E-state index contributed by atoms with van der Waals surface area (Å²) in [5.74, 6) is -0.611. The van der Waals surface area contributed by atoms with Gasteiger partial charge in [-0.1, -0.05) is 32.9 Å². The van der Waals surface area contributed by atoms with Crippen LogP contribution < -0.4 is 10.6 Å². The number of nitrogens with one attached hydrogen (secondary N) is 2. The molecule has 1 aliphatic rings. The van der Waals surface area contributed by atoms with Gasteiger partial charge < -0.3 is 15.5 Å². The van der Waals surface area contributed by atoms with Crippen molar-refractivity contribution in [3.63, 3.8) is 0 Å². The summed E-state index contributed by atoms with van der Waals surface area (Å²) in [6.45, 7) is 6.90. The quantitative estimate of drug-likeness (QED) is 0.886. The standard InChI is InChI=1S/C18H25N3O3/c1-18(2,3)17(24)20-14-9-5-4-8-13(14)16(23)19-12-15(22)21-10-6-7-11-21/h4-5,8-9H,6-7,10-12H2,1-3H3,(H,19,23)(H,20,24). The van der Waals surface area contributed by atoms with Gasteiger partial charge in [0.05, 0.1) is 17.8 Å². The van der Waals surface area contributed by atoms with Gasteiger partial charge in [0.2, 0.25) is 11.8 Å². The Labute approximate surface area is 142 Å². The highest BCUT2D eigenvalue weighted by Gasteiger charge is 2.23. The zero-order valence-corrected chi connectivity index (χ0v) is 14.5. The maximum atomic E-state index is 12.4. The van der Waals surface area contributed by atoms with Gasteiger partial charge in [-0.3, -0.25) is 14.4 Å². The molecule has 0 saturated carbocycles. The van der Waals surface area contributed by atoms with Gasteiger partial charge in [0, 0.05) is 18.5 Å². The van der Waals surface area contributed by atoms with Crippen LogP contribution in [0.5, 0.6) is 0 Å². The zero-order chi connectivity index (χ0) is 17.7. The van der Waals surface area contributed by atoms with E-state index < -0.39 is 5.41 Å². The van der Waals surface area contributed by atoms with Crippen LogP contribution in [0.4, 0.5) is 5.69 Å². The van der Waals surface area contributed by atoms with E-state index in [0.29, 0.717) is 11.3 Å². The number of hydrogen-bond donors (Lipinski definition) is 2. The maximum Gasteiger partial charge on any atom is 0.253 e. The lowest BCUT2D eigenvalue weighted by molar-refractivity contribution is -0.129. The minimum Gasteiger partial charge on any atom is -0.343 e. The highest BCUT2D eigenvalue weighted by atomic mass is 16.2. The minimum absolute atomic E-state index is 0.0274. The lowest BCUT2D eigenvalue weighted by atomic mass is 9.95. The van der Waals surface area contributed by atoms with Gasteiger partial charge in [0.15, 0.2) is 0 Å². The molecule has 0 bridgehead atoms. The first-order valence-corrected chi connectivity index (χ1v) is 8.25. The van der Waals surface area contributed by atoms with Crippen molar-refractivity contribution in [2.45, 2.75) is 33.6 Å². The molecule has 1 aromatic rings. The molecule has 130 valence electrons. The van der Waals surface area contributed by atoms with Crippen molar-refractivity contribution in [1.82, 2.24) is 10.2 Å². The number of anilines is 1. The summed E-state index contributed by atoms with van der Waals surface area (Å²) >= 11 is 0. The highest BCUT2D eigenvalue weighted by Crippen LogP contribution is 2.20. The number of likely N-dealkylation sites (tertiary alicyclic amines) is 1. The van der Waals surface area contributed by atoms with Crippen LogP contribution in [0.2, 0.25) is 0 Å². The zero-order valence-electron chi connectivity index (χ0n) is 14.5. The topological polar surface area (TPSA) is 78.5 Å². The molecule has 0 atom stereocenters. The predicted octanol–water partition coefficient (Wildman–Crippen LogP) is 2.02. The fraction of sp³-hybridized carbons (Fsp3) is 0.500. The summed E-state index contributed by atoms with van der Waals surface area (Å²) in [4.78, 5) is 38.3. The summed E-state index contributed by atoms with van der Waals surface area (Å²) < 4.78 is 0. The van der Waals surface area contributed by atoms with Crippen molar-refractivity contribution in [3.8, 4) is 0 Å². The van der Waals surface area contributed by atoms with Crippen LogP contribution in [-0.4, -0.2) is 42.3 Å². The van der Waals surface area contributed by atoms with Gasteiger partial charge in [-0.2, -0.15) is 0 Å². The van der Waals surface area contributed by atoms with E-state index in [-0.39, 0.29) is 24.3 Å². The second kappa shape index (κ2) is 7.47. The molecule has 6 heteroatoms. The van der Waals surface area contributed by atoms with Gasteiger partial charge in [0.1, 0.15) is 0 Å². The van der Waals surface area contributed by atoms with Gasteiger partial charge in [0.25, 0.3) is 5.91 Å². The first kappa shape index (κ1) is 18.0. The molecule has 1 aliphatic heterocycles. The summed E-state index contributed by atoms with van der Waals surface area (Å²) in [6, 6.07) is 6.79. The minimum atomic E-state index is -0.560. The van der Waals surface area contributed by atoms with Crippen LogP contribution in [0.3, 0.4) is 0 Å². The van der Waals surface area contributed by atoms with Gasteiger partial charge >= 0.3 is 0 Å². The molecule has 6 nitrogen and oxygen atoms in total. The summed E-state index contributed by atoms with van der Waals surface area (Å²) in [5, 5.41) is 5.43. The molecule has 1 saturated heterocycles. The highest BCUT2D eigenvalue weighted by molar-refractivity contribution is 6.05. The number of carbonyl (C=O) groups excluding carboxylic acids is 3. The van der Waals surface area contributed by atoms with Crippen LogP contribution in [0.15, 0.2) is 24.3 Å². The normalized spacial score (nSPS) is 14.4. The molecule has 3 amide bonds. The largest absolute Gasteiger partial charge is 0.343 e. The third-order valence-electron chi connectivity index (χ3n) is 3.96. The molecule has 0 aromatic heterocycles. The van der Waals surface area contributed by atoms with E-state index >= 15 is 0 Å². The number of carbonyl (C=O) groups is 3. The van der Waals surface area contributed by atoms with E-state index in [1.54, 1.807) is 49.9 Å². The Hall–Kier alpha value is -2.37. The maximum absolute atomic E-state index is 12.4. The molecule has 0 aliphatic carbocycles. The first-order chi connectivity index (χ1) is 11.3. The van der Waals surface area contributed by atoms with Crippen molar-refractivity contribution in [1.29, 1.82) is 0 Å². The van der Waals surface area contributed by atoms with Crippen LogP contribution in [-0.2, 0) is 9.59 Å². The van der Waals surface area contributed by atoms with E-state index in [9.17, 15) is 14.4 Å². The van der Waals surface area contributed by atoms with Crippen LogP contribution in [0.25, 0.3) is 0 Å². The van der Waals surface area contributed by atoms with Gasteiger partial charge in [-0.25, -0.2) is 0 Å². The smallest absolute Gasteiger partial charge is 0.253 e. The lowest BCUT2D eigenvalue weighted by Crippen LogP contribution is -2.39. The van der Waals surface area contributed by atoms with E-state index in [0.717, 1.165) is 25.9 Å². The van der Waals surface area contributed by atoms with E-state index in [1.165, 1.54) is 0 Å². The third-order valence-corrected chi connectivity index (χ3v) is 3.96. The van der Waals surface area contributed by atoms with Crippen LogP contribution in [0, 0.1) is 5.41 Å². The van der Waals surface area contributed by atoms with Crippen molar-refractivity contribution >= 4 is 23.4 Å². The van der Waals surface area contributed by atoms with Crippen LogP contribution in [0.1, 0.15) is 44.0 Å². The number of benzene rings is 1. The Balaban J connectivity index is 2.01. The fourth-order valence-electron chi connectivity index (χ4n) is 2.43. The third kappa shape index (κ3) is 4.57. The fourth-order valence-corrected chi connectivity index (χ4v) is 2.43. The second-order valence-corrected chi connectivity index (χ2v) is 7.02. The van der Waals surface area contributed by atoms with Crippen molar-refractivity contribution in [3.05, 3.63) is 29.8 Å². The first-order valence-electron chi connectivity index (χ1n) is 8.25. The molecule has 0 unspecified atom stereocenters. The molecule has 1 aromatic carbocycles. The Morgan fingerprint density at radius 1 is 1.08 bits per heavy atom. The average Bonchev–Trinajstić information content (AvgIpc) is 3.06. The van der Waals surface area contributed by atoms with Crippen molar-refractivity contribution in [2.75, 3.05) is 25.0 Å². The molecule has 0 spiro atoms. The Bertz CT molecular complexity index is 629. The van der Waals surface area contributed by atoms with E-state index in [4.69, 9.17) is 0 Å². The van der Waals surface area contributed by atoms with Gasteiger partial charge in [-0.15, -0.1) is 0 Å². The van der Waals surface area contributed by atoms with Crippen molar-refractivity contribution in [2.24, 2.45) is 5.41 Å². The van der Waals surface area contributed by atoms with Crippen molar-refractivity contribution < 1.29 is 14.4 Å². The SMILES string of the molecule is CC(C)(C)C(=O)Nc1ccccc1C(=O)NCC(=O)N1CCCC1. The Morgan fingerprint density at radius 2 is 1.71 bits per heavy atom. The van der Waals surface area contributed by atoms with Gasteiger partial charge in [-0.05, 0) is 25.0 Å². The second-order valence-electron chi connectivity index (χ2n) is 7.02. The molecular formula is C18H25N3O3. The number of para-hydroxylation sites is 1. The molecular weight excluding hydrogens is 306 g/mol. The monoisotopic (exact) mass is 331 g/mol. The lowest BCUT2D eigenvalue weighted by Gasteiger charge is -2.19. The Morgan fingerprint density at radius 3 is 2.33 bits per heavy atom. The van der Waals surface area contributed by atoms with Crippen LogP contribution >= 0.6 is 0 Å². The number of amides is 3. The molecule has 24 heavy (non-hydrogen) atoms. The molecule has 0 radical (unpaired) electrons. The number of rotatable bonds is 4. The molecule has 2 N–H and O–H groups in total. The number of nitrogens with zero attached hydrogens (tertiary/aromatic N) is 1. The van der Waals surface area contributed by atoms with E-state index in [2.05, 4.69) is 10.6 Å². The number of hydrogen-bond acceptors (Lipinski definition) is 3. The molecule has 1 heterocycles. The molecule has 2 rings (SSSR count). The van der Waals surface area contributed by atoms with E-state index in [1.807, 2.05) is 0 Å². The summed E-state index contributed by atoms with van der Waals surface area (Å²) in [6.07, 6.45) is 2.03. The summed E-state index contributed by atoms with van der Waals surface area (Å²) in [5.41, 5.74) is 0.239. The Kier molecular flexibility index (Phi) is 5.59. The summed E-state index contributed by atoms with van der Waals surface area (Å²) in [7, 11) is 0.